The minimum atomic E-state index is 0.198. The van der Waals surface area contributed by atoms with Gasteiger partial charge in [-0.05, 0) is 44.3 Å². The molecule has 0 spiro atoms. The molecule has 0 aromatic heterocycles. The Hall–Kier alpha value is -2.38. The van der Waals surface area contributed by atoms with Gasteiger partial charge in [-0.15, -0.1) is 0 Å². The molecule has 0 amide bonds. The fourth-order valence-corrected chi connectivity index (χ4v) is 3.16. The zero-order valence-corrected chi connectivity index (χ0v) is 11.7. The van der Waals surface area contributed by atoms with E-state index in [1.165, 1.54) is 37.9 Å². The lowest BCUT2D eigenvalue weighted by Crippen LogP contribution is -1.90. The van der Waals surface area contributed by atoms with Crippen LogP contribution >= 0.6 is 0 Å². The normalized spacial score (nSPS) is 11.5. The Labute approximate surface area is 123 Å². The van der Waals surface area contributed by atoms with Crippen molar-refractivity contribution in [3.8, 4) is 0 Å². The lowest BCUT2D eigenvalue weighted by molar-refractivity contribution is 0.299. The Morgan fingerprint density at radius 2 is 1.29 bits per heavy atom. The van der Waals surface area contributed by atoms with Crippen molar-refractivity contribution in [2.24, 2.45) is 0 Å². The molecule has 0 aliphatic heterocycles. The summed E-state index contributed by atoms with van der Waals surface area (Å²) in [5, 5.41) is 16.8. The number of benzene rings is 4. The molecule has 1 nitrogen and oxygen atoms in total. The predicted molar refractivity (Wildman–Crippen MR) is 89.7 cm³/mol. The van der Waals surface area contributed by atoms with E-state index in [4.69, 9.17) is 5.11 Å². The van der Waals surface area contributed by atoms with Gasteiger partial charge < -0.3 is 5.11 Å². The highest BCUT2D eigenvalue weighted by Gasteiger charge is 2.05. The van der Waals surface area contributed by atoms with Crippen molar-refractivity contribution in [2.45, 2.75) is 6.42 Å². The molecule has 21 heavy (non-hydrogen) atoms. The third-order valence-electron chi connectivity index (χ3n) is 4.21. The van der Waals surface area contributed by atoms with Gasteiger partial charge in [-0.3, -0.25) is 0 Å². The van der Waals surface area contributed by atoms with E-state index < -0.39 is 0 Å². The molecule has 0 aliphatic rings. The summed E-state index contributed by atoms with van der Waals surface area (Å²) in [4.78, 5) is 0. The molecule has 0 saturated carbocycles. The van der Waals surface area contributed by atoms with Gasteiger partial charge in [0.25, 0.3) is 0 Å². The minimum absolute atomic E-state index is 0.198. The maximum Gasteiger partial charge on any atom is 0.0471 e. The lowest BCUT2D eigenvalue weighted by atomic mass is 9.96. The number of aliphatic hydroxyl groups excluding tert-OH is 1. The molecule has 0 fully saturated rings. The van der Waals surface area contributed by atoms with E-state index in [0.717, 1.165) is 0 Å². The summed E-state index contributed by atoms with van der Waals surface area (Å²) >= 11 is 0. The zero-order valence-electron chi connectivity index (χ0n) is 11.7. The number of rotatable bonds is 2. The Morgan fingerprint density at radius 3 is 2.10 bits per heavy atom. The second-order valence-corrected chi connectivity index (χ2v) is 5.48. The van der Waals surface area contributed by atoms with Crippen molar-refractivity contribution in [1.82, 2.24) is 0 Å². The van der Waals surface area contributed by atoms with Crippen LogP contribution in [0.2, 0.25) is 0 Å². The predicted octanol–water partition coefficient (Wildman–Crippen LogP) is 4.68. The van der Waals surface area contributed by atoms with E-state index in [-0.39, 0.29) is 6.61 Å². The molecule has 0 bridgehead atoms. The van der Waals surface area contributed by atoms with Gasteiger partial charge in [-0.2, -0.15) is 0 Å². The van der Waals surface area contributed by atoms with Crippen LogP contribution in [-0.2, 0) is 6.42 Å². The number of hydrogen-bond donors (Lipinski definition) is 1. The van der Waals surface area contributed by atoms with Gasteiger partial charge in [0.15, 0.2) is 0 Å². The average Bonchev–Trinajstić information content (AvgIpc) is 2.54. The third kappa shape index (κ3) is 1.98. The standard InChI is InChI=1S/C20H16O/c21-12-11-14-5-8-18-16(13-14)7-10-19-17-4-2-1-3-15(17)6-9-20(18)19/h1-10,13,21H,11-12H2. The summed E-state index contributed by atoms with van der Waals surface area (Å²) in [6, 6.07) is 23.8. The minimum Gasteiger partial charge on any atom is -0.396 e. The highest BCUT2D eigenvalue weighted by atomic mass is 16.2. The second-order valence-electron chi connectivity index (χ2n) is 5.48. The van der Waals surface area contributed by atoms with Crippen LogP contribution in [0.25, 0.3) is 32.3 Å². The molecule has 0 saturated heterocycles. The van der Waals surface area contributed by atoms with E-state index in [1.54, 1.807) is 0 Å². The van der Waals surface area contributed by atoms with Gasteiger partial charge in [-0.25, -0.2) is 0 Å². The SMILES string of the molecule is OCCc1ccc2c(ccc3c4ccccc4ccc23)c1. The van der Waals surface area contributed by atoms with Crippen LogP contribution in [-0.4, -0.2) is 11.7 Å². The molecule has 0 heterocycles. The smallest absolute Gasteiger partial charge is 0.0471 e. The molecule has 4 aromatic carbocycles. The fourth-order valence-electron chi connectivity index (χ4n) is 3.16. The molecule has 0 aliphatic carbocycles. The van der Waals surface area contributed by atoms with Crippen LogP contribution in [0.3, 0.4) is 0 Å². The van der Waals surface area contributed by atoms with E-state index in [0.29, 0.717) is 6.42 Å². The van der Waals surface area contributed by atoms with E-state index in [1.807, 2.05) is 0 Å². The lowest BCUT2D eigenvalue weighted by Gasteiger charge is -2.09. The van der Waals surface area contributed by atoms with Crippen molar-refractivity contribution in [2.75, 3.05) is 6.61 Å². The molecule has 1 heteroatoms. The maximum absolute atomic E-state index is 9.08. The van der Waals surface area contributed by atoms with Crippen LogP contribution in [0, 0.1) is 0 Å². The van der Waals surface area contributed by atoms with Crippen molar-refractivity contribution in [3.05, 3.63) is 72.3 Å². The molecular formula is C20H16O. The van der Waals surface area contributed by atoms with Crippen molar-refractivity contribution >= 4 is 32.3 Å². The van der Waals surface area contributed by atoms with Crippen molar-refractivity contribution in [3.63, 3.8) is 0 Å². The Kier molecular flexibility index (Phi) is 2.87. The second kappa shape index (κ2) is 4.87. The Bertz CT molecular complexity index is 954. The van der Waals surface area contributed by atoms with Gasteiger partial charge in [0.1, 0.15) is 0 Å². The van der Waals surface area contributed by atoms with Crippen LogP contribution in [0.5, 0.6) is 0 Å². The summed E-state index contributed by atoms with van der Waals surface area (Å²) in [7, 11) is 0. The quantitative estimate of drug-likeness (QED) is 0.525. The summed E-state index contributed by atoms with van der Waals surface area (Å²) in [5.41, 5.74) is 1.19. The molecule has 4 rings (SSSR count). The zero-order chi connectivity index (χ0) is 14.2. The molecule has 4 aromatic rings. The summed E-state index contributed by atoms with van der Waals surface area (Å²) in [5.74, 6) is 0. The van der Waals surface area contributed by atoms with Crippen molar-refractivity contribution < 1.29 is 5.11 Å². The number of fused-ring (bicyclic) bond motifs is 5. The first kappa shape index (κ1) is 12.4. The summed E-state index contributed by atoms with van der Waals surface area (Å²) in [6.07, 6.45) is 0.714. The summed E-state index contributed by atoms with van der Waals surface area (Å²) < 4.78 is 0. The van der Waals surface area contributed by atoms with E-state index in [9.17, 15) is 0 Å². The molecular weight excluding hydrogens is 256 g/mol. The van der Waals surface area contributed by atoms with Crippen LogP contribution < -0.4 is 0 Å². The number of aliphatic hydroxyl groups is 1. The highest BCUT2D eigenvalue weighted by Crippen LogP contribution is 2.31. The van der Waals surface area contributed by atoms with Gasteiger partial charge in [-0.1, -0.05) is 66.7 Å². The van der Waals surface area contributed by atoms with Crippen LogP contribution in [0.15, 0.2) is 66.7 Å². The van der Waals surface area contributed by atoms with Gasteiger partial charge in [0.2, 0.25) is 0 Å². The van der Waals surface area contributed by atoms with E-state index >= 15 is 0 Å². The average molecular weight is 272 g/mol. The summed E-state index contributed by atoms with van der Waals surface area (Å²) in [6.45, 7) is 0.198. The molecule has 1 N–H and O–H groups in total. The van der Waals surface area contributed by atoms with Gasteiger partial charge in [0, 0.05) is 6.61 Å². The van der Waals surface area contributed by atoms with Gasteiger partial charge in [0.05, 0.1) is 0 Å². The fraction of sp³-hybridized carbons (Fsp3) is 0.100. The van der Waals surface area contributed by atoms with Crippen LogP contribution in [0.1, 0.15) is 5.56 Å². The highest BCUT2D eigenvalue weighted by molar-refractivity contribution is 6.17. The first-order valence-corrected chi connectivity index (χ1v) is 7.31. The Balaban J connectivity index is 2.07. The van der Waals surface area contributed by atoms with Gasteiger partial charge >= 0.3 is 0 Å². The van der Waals surface area contributed by atoms with E-state index in [2.05, 4.69) is 66.7 Å². The Morgan fingerprint density at radius 1 is 0.619 bits per heavy atom. The maximum atomic E-state index is 9.08. The first-order valence-electron chi connectivity index (χ1n) is 7.31. The third-order valence-corrected chi connectivity index (χ3v) is 4.21. The van der Waals surface area contributed by atoms with Crippen molar-refractivity contribution in [1.29, 1.82) is 0 Å². The molecule has 102 valence electrons. The number of hydrogen-bond acceptors (Lipinski definition) is 1. The topological polar surface area (TPSA) is 20.2 Å². The van der Waals surface area contributed by atoms with Crippen LogP contribution in [0.4, 0.5) is 0 Å². The molecule has 0 unspecified atom stereocenters. The monoisotopic (exact) mass is 272 g/mol. The molecule has 0 radical (unpaired) electrons. The largest absolute Gasteiger partial charge is 0.396 e. The molecule has 0 atom stereocenters. The first-order chi connectivity index (χ1) is 10.4.